The SMILES string of the molecule is CCC(C)c1cccc(OC)c1O. The summed E-state index contributed by atoms with van der Waals surface area (Å²) in [5.74, 6) is 1.20. The third-order valence-electron chi connectivity index (χ3n) is 2.39. The number of methoxy groups -OCH3 is 1. The molecular weight excluding hydrogens is 164 g/mol. The number of rotatable bonds is 3. The summed E-state index contributed by atoms with van der Waals surface area (Å²) in [6.07, 6.45) is 1.01. The van der Waals surface area contributed by atoms with E-state index in [1.165, 1.54) is 0 Å². The molecule has 1 atom stereocenters. The van der Waals surface area contributed by atoms with Crippen molar-refractivity contribution < 1.29 is 9.84 Å². The normalized spacial score (nSPS) is 12.5. The van der Waals surface area contributed by atoms with Crippen molar-refractivity contribution >= 4 is 0 Å². The van der Waals surface area contributed by atoms with E-state index in [9.17, 15) is 5.11 Å². The third kappa shape index (κ3) is 1.94. The number of hydrogen-bond donors (Lipinski definition) is 1. The van der Waals surface area contributed by atoms with Gasteiger partial charge in [-0.15, -0.1) is 0 Å². The van der Waals surface area contributed by atoms with Crippen LogP contribution in [0.3, 0.4) is 0 Å². The van der Waals surface area contributed by atoms with Crippen molar-refractivity contribution in [1.29, 1.82) is 0 Å². The average Bonchev–Trinajstić information content (AvgIpc) is 2.17. The maximum atomic E-state index is 9.77. The Morgan fingerprint density at radius 2 is 2.15 bits per heavy atom. The second-order valence-corrected chi connectivity index (χ2v) is 3.21. The molecule has 13 heavy (non-hydrogen) atoms. The standard InChI is InChI=1S/C11H16O2/c1-4-8(2)9-6-5-7-10(13-3)11(9)12/h5-8,12H,4H2,1-3H3. The van der Waals surface area contributed by atoms with Crippen LogP contribution in [0.5, 0.6) is 11.5 Å². The molecule has 1 N–H and O–H groups in total. The van der Waals surface area contributed by atoms with E-state index >= 15 is 0 Å². The average molecular weight is 180 g/mol. The molecule has 0 aliphatic carbocycles. The molecule has 0 aromatic heterocycles. The third-order valence-corrected chi connectivity index (χ3v) is 2.39. The summed E-state index contributed by atoms with van der Waals surface area (Å²) in [6.45, 7) is 4.19. The van der Waals surface area contributed by atoms with Gasteiger partial charge >= 0.3 is 0 Å². The predicted molar refractivity (Wildman–Crippen MR) is 53.4 cm³/mol. The van der Waals surface area contributed by atoms with Gasteiger partial charge in [-0.05, 0) is 18.4 Å². The quantitative estimate of drug-likeness (QED) is 0.775. The Bertz CT molecular complexity index is 281. The number of aromatic hydroxyl groups is 1. The van der Waals surface area contributed by atoms with E-state index in [2.05, 4.69) is 13.8 Å². The predicted octanol–water partition coefficient (Wildman–Crippen LogP) is 2.91. The zero-order valence-electron chi connectivity index (χ0n) is 8.37. The van der Waals surface area contributed by atoms with Crippen LogP contribution in [0.25, 0.3) is 0 Å². The first-order valence-electron chi connectivity index (χ1n) is 4.56. The summed E-state index contributed by atoms with van der Waals surface area (Å²) in [5, 5.41) is 9.77. The maximum absolute atomic E-state index is 9.77. The summed E-state index contributed by atoms with van der Waals surface area (Å²) in [5.41, 5.74) is 0.960. The Morgan fingerprint density at radius 1 is 1.46 bits per heavy atom. The molecule has 1 aromatic rings. The van der Waals surface area contributed by atoms with E-state index in [4.69, 9.17) is 4.74 Å². The lowest BCUT2D eigenvalue weighted by atomic mass is 9.97. The molecule has 0 saturated carbocycles. The highest BCUT2D eigenvalue weighted by Crippen LogP contribution is 2.35. The van der Waals surface area contributed by atoms with Crippen molar-refractivity contribution in [2.75, 3.05) is 7.11 Å². The molecule has 0 saturated heterocycles. The van der Waals surface area contributed by atoms with E-state index in [0.717, 1.165) is 12.0 Å². The summed E-state index contributed by atoms with van der Waals surface area (Å²) >= 11 is 0. The molecule has 0 radical (unpaired) electrons. The molecule has 1 aromatic carbocycles. The van der Waals surface area contributed by atoms with Crippen LogP contribution in [0, 0.1) is 0 Å². The van der Waals surface area contributed by atoms with Gasteiger partial charge in [0.25, 0.3) is 0 Å². The van der Waals surface area contributed by atoms with Crippen LogP contribution in [-0.2, 0) is 0 Å². The molecule has 0 aliphatic heterocycles. The highest BCUT2D eigenvalue weighted by atomic mass is 16.5. The van der Waals surface area contributed by atoms with Gasteiger partial charge in [-0.25, -0.2) is 0 Å². The Labute approximate surface area is 79.2 Å². The number of hydrogen-bond acceptors (Lipinski definition) is 2. The largest absolute Gasteiger partial charge is 0.504 e. The van der Waals surface area contributed by atoms with Gasteiger partial charge in [0.1, 0.15) is 0 Å². The van der Waals surface area contributed by atoms with Crippen molar-refractivity contribution in [3.8, 4) is 11.5 Å². The van der Waals surface area contributed by atoms with Gasteiger partial charge in [0.05, 0.1) is 7.11 Å². The fourth-order valence-corrected chi connectivity index (χ4v) is 1.32. The molecule has 0 aliphatic rings. The Kier molecular flexibility index (Phi) is 3.18. The first kappa shape index (κ1) is 9.90. The molecule has 0 bridgehead atoms. The maximum Gasteiger partial charge on any atom is 0.161 e. The Morgan fingerprint density at radius 3 is 2.69 bits per heavy atom. The molecule has 72 valence electrons. The molecule has 0 fully saturated rings. The van der Waals surface area contributed by atoms with E-state index in [1.54, 1.807) is 13.2 Å². The molecule has 0 spiro atoms. The second-order valence-electron chi connectivity index (χ2n) is 3.21. The van der Waals surface area contributed by atoms with Crippen LogP contribution in [0.2, 0.25) is 0 Å². The lowest BCUT2D eigenvalue weighted by Gasteiger charge is -2.13. The highest BCUT2D eigenvalue weighted by Gasteiger charge is 2.11. The summed E-state index contributed by atoms with van der Waals surface area (Å²) < 4.78 is 5.03. The molecule has 2 heteroatoms. The molecule has 2 nitrogen and oxygen atoms in total. The highest BCUT2D eigenvalue weighted by molar-refractivity contribution is 5.46. The van der Waals surface area contributed by atoms with E-state index in [1.807, 2.05) is 12.1 Å². The summed E-state index contributed by atoms with van der Waals surface area (Å²) in [7, 11) is 1.56. The zero-order valence-corrected chi connectivity index (χ0v) is 8.37. The van der Waals surface area contributed by atoms with Crippen LogP contribution in [0.15, 0.2) is 18.2 Å². The number of phenols is 1. The molecule has 1 rings (SSSR count). The monoisotopic (exact) mass is 180 g/mol. The first-order valence-corrected chi connectivity index (χ1v) is 4.56. The number of benzene rings is 1. The lowest BCUT2D eigenvalue weighted by Crippen LogP contribution is -1.93. The molecule has 0 amide bonds. The van der Waals surface area contributed by atoms with Gasteiger partial charge in [0, 0.05) is 5.56 Å². The number of phenolic OH excluding ortho intramolecular Hbond substituents is 1. The van der Waals surface area contributed by atoms with E-state index in [0.29, 0.717) is 11.7 Å². The van der Waals surface area contributed by atoms with Crippen molar-refractivity contribution in [2.24, 2.45) is 0 Å². The van der Waals surface area contributed by atoms with Crippen LogP contribution in [0.4, 0.5) is 0 Å². The van der Waals surface area contributed by atoms with Crippen LogP contribution in [0.1, 0.15) is 31.7 Å². The minimum absolute atomic E-state index is 0.277. The van der Waals surface area contributed by atoms with E-state index < -0.39 is 0 Å². The van der Waals surface area contributed by atoms with Gasteiger partial charge in [-0.1, -0.05) is 26.0 Å². The molecular formula is C11H16O2. The van der Waals surface area contributed by atoms with Gasteiger partial charge in [-0.3, -0.25) is 0 Å². The van der Waals surface area contributed by atoms with Gasteiger partial charge in [0.15, 0.2) is 11.5 Å². The summed E-state index contributed by atoms with van der Waals surface area (Å²) in [6, 6.07) is 5.60. The first-order chi connectivity index (χ1) is 6.20. The second kappa shape index (κ2) is 4.17. The van der Waals surface area contributed by atoms with Crippen LogP contribution >= 0.6 is 0 Å². The molecule has 1 unspecified atom stereocenters. The van der Waals surface area contributed by atoms with Crippen molar-refractivity contribution in [1.82, 2.24) is 0 Å². The summed E-state index contributed by atoms with van der Waals surface area (Å²) in [4.78, 5) is 0. The smallest absolute Gasteiger partial charge is 0.161 e. The fraction of sp³-hybridized carbons (Fsp3) is 0.455. The number of ether oxygens (including phenoxy) is 1. The Hall–Kier alpha value is -1.18. The number of para-hydroxylation sites is 1. The fourth-order valence-electron chi connectivity index (χ4n) is 1.32. The topological polar surface area (TPSA) is 29.5 Å². The van der Waals surface area contributed by atoms with Gasteiger partial charge in [0.2, 0.25) is 0 Å². The zero-order chi connectivity index (χ0) is 9.84. The van der Waals surface area contributed by atoms with Gasteiger partial charge < -0.3 is 9.84 Å². The minimum Gasteiger partial charge on any atom is -0.504 e. The molecule has 0 heterocycles. The Balaban J connectivity index is 3.08. The van der Waals surface area contributed by atoms with Crippen molar-refractivity contribution in [2.45, 2.75) is 26.2 Å². The van der Waals surface area contributed by atoms with Crippen molar-refractivity contribution in [3.63, 3.8) is 0 Å². The van der Waals surface area contributed by atoms with Crippen LogP contribution < -0.4 is 4.74 Å². The van der Waals surface area contributed by atoms with E-state index in [-0.39, 0.29) is 5.75 Å². The van der Waals surface area contributed by atoms with Crippen molar-refractivity contribution in [3.05, 3.63) is 23.8 Å². The van der Waals surface area contributed by atoms with Gasteiger partial charge in [-0.2, -0.15) is 0 Å². The van der Waals surface area contributed by atoms with Crippen LogP contribution in [-0.4, -0.2) is 12.2 Å². The minimum atomic E-state index is 0.277. The lowest BCUT2D eigenvalue weighted by molar-refractivity contribution is 0.368.